The topological polar surface area (TPSA) is 166 Å². The lowest BCUT2D eigenvalue weighted by Crippen LogP contribution is -2.33. The van der Waals surface area contributed by atoms with Gasteiger partial charge in [0, 0.05) is 28.8 Å². The number of aromatic carboxylic acids is 1. The zero-order valence-corrected chi connectivity index (χ0v) is 19.6. The summed E-state index contributed by atoms with van der Waals surface area (Å²) in [5.41, 5.74) is -0.152. The van der Waals surface area contributed by atoms with Crippen molar-refractivity contribution in [1.82, 2.24) is 0 Å². The Morgan fingerprint density at radius 3 is 1.76 bits per heavy atom. The van der Waals surface area contributed by atoms with Gasteiger partial charge in [-0.25, -0.2) is 9.59 Å². The molecule has 11 heteroatoms. The molecule has 0 amide bonds. The second kappa shape index (κ2) is 9.43. The average molecular weight is 520 g/mol. The summed E-state index contributed by atoms with van der Waals surface area (Å²) in [4.78, 5) is 46.3. The van der Waals surface area contributed by atoms with E-state index in [1.807, 2.05) is 0 Å². The van der Waals surface area contributed by atoms with Crippen molar-refractivity contribution in [3.8, 4) is 23.0 Å². The Kier molecular flexibility index (Phi) is 6.11. The van der Waals surface area contributed by atoms with E-state index in [4.69, 9.17) is 29.2 Å². The number of fused-ring (bicyclic) bond motifs is 6. The minimum Gasteiger partial charge on any atom is -0.493 e. The monoisotopic (exact) mass is 520 g/mol. The van der Waals surface area contributed by atoms with Gasteiger partial charge >= 0.3 is 23.9 Å². The molecule has 0 bridgehead atoms. The molecule has 2 heterocycles. The largest absolute Gasteiger partial charge is 0.493 e. The van der Waals surface area contributed by atoms with Crippen molar-refractivity contribution in [2.75, 3.05) is 13.2 Å². The third kappa shape index (κ3) is 4.23. The molecule has 3 N–H and O–H groups in total. The van der Waals surface area contributed by atoms with Crippen LogP contribution >= 0.6 is 0 Å². The van der Waals surface area contributed by atoms with E-state index in [-0.39, 0.29) is 48.7 Å². The minimum atomic E-state index is -1.48. The van der Waals surface area contributed by atoms with Crippen LogP contribution in [0.1, 0.15) is 50.2 Å². The zero-order chi connectivity index (χ0) is 27.0. The maximum atomic E-state index is 13.1. The number of carbonyl (C=O) groups is 4. The van der Waals surface area contributed by atoms with E-state index in [1.165, 1.54) is 30.3 Å². The van der Waals surface area contributed by atoms with E-state index >= 15 is 0 Å². The van der Waals surface area contributed by atoms with Crippen molar-refractivity contribution in [1.29, 1.82) is 0 Å². The van der Waals surface area contributed by atoms with Gasteiger partial charge in [0.25, 0.3) is 0 Å². The van der Waals surface area contributed by atoms with Gasteiger partial charge in [-0.2, -0.15) is 0 Å². The lowest BCUT2D eigenvalue weighted by atomic mass is 9.77. The molecule has 0 aliphatic carbocycles. The molecule has 2 aliphatic heterocycles. The third-order valence-corrected chi connectivity index (χ3v) is 6.17. The quantitative estimate of drug-likeness (QED) is 0.352. The highest BCUT2D eigenvalue weighted by molar-refractivity contribution is 6.00. The number of carboxylic acids is 3. The van der Waals surface area contributed by atoms with Crippen molar-refractivity contribution in [2.45, 2.75) is 18.4 Å². The van der Waals surface area contributed by atoms with Gasteiger partial charge in [0.1, 0.15) is 23.0 Å². The predicted octanol–water partition coefficient (Wildman–Crippen LogP) is 3.66. The highest BCUT2D eigenvalue weighted by Gasteiger charge is 2.53. The maximum Gasteiger partial charge on any atom is 0.340 e. The molecule has 0 aromatic heterocycles. The Balaban J connectivity index is 1.62. The van der Waals surface area contributed by atoms with Gasteiger partial charge in [-0.15, -0.1) is 0 Å². The summed E-state index contributed by atoms with van der Waals surface area (Å²) < 4.78 is 23.2. The number of carbonyl (C=O) groups excluding carboxylic acids is 1. The zero-order valence-electron chi connectivity index (χ0n) is 19.6. The van der Waals surface area contributed by atoms with Gasteiger partial charge < -0.3 is 34.3 Å². The van der Waals surface area contributed by atoms with Crippen molar-refractivity contribution >= 4 is 23.9 Å². The number of benzene rings is 3. The standard InChI is InChI=1S/C27H20O11/c28-23(29)7-9-35-15-2-5-19-21(12-15)37-22-13-16(36-10-8-24(30)31)3-6-20(22)27(19)18-4-1-14(25(32)33)11-17(18)26(34)38-27/h1-6,11-13H,7-10H2,(H,28,29)(H,30,31)(H,32,33). The number of carboxylic acid groups (broad SMARTS) is 3. The predicted molar refractivity (Wildman–Crippen MR) is 127 cm³/mol. The first kappa shape index (κ1) is 24.6. The van der Waals surface area contributed by atoms with Crippen LogP contribution in [-0.4, -0.2) is 52.4 Å². The molecular weight excluding hydrogens is 500 g/mol. The van der Waals surface area contributed by atoms with Crippen molar-refractivity contribution in [3.05, 3.63) is 82.4 Å². The molecule has 0 fully saturated rings. The second-order valence-corrected chi connectivity index (χ2v) is 8.54. The van der Waals surface area contributed by atoms with E-state index in [0.717, 1.165) is 0 Å². The Hall–Kier alpha value is -5.06. The third-order valence-electron chi connectivity index (χ3n) is 6.17. The van der Waals surface area contributed by atoms with Gasteiger partial charge in [0.15, 0.2) is 5.60 Å². The molecule has 0 atom stereocenters. The fourth-order valence-electron chi connectivity index (χ4n) is 4.51. The summed E-state index contributed by atoms with van der Waals surface area (Å²) in [6.07, 6.45) is -0.419. The highest BCUT2D eigenvalue weighted by Crippen LogP contribution is 2.57. The Morgan fingerprint density at radius 1 is 0.737 bits per heavy atom. The molecule has 1 spiro atoms. The van der Waals surface area contributed by atoms with Crippen LogP contribution in [0.2, 0.25) is 0 Å². The molecule has 0 saturated carbocycles. The molecule has 0 saturated heterocycles. The summed E-state index contributed by atoms with van der Waals surface area (Å²) in [5.74, 6) is -2.78. The van der Waals surface area contributed by atoms with Gasteiger partial charge in [-0.1, -0.05) is 6.07 Å². The van der Waals surface area contributed by atoms with Crippen LogP contribution in [0.25, 0.3) is 0 Å². The molecular formula is C27H20O11. The number of esters is 1. The summed E-state index contributed by atoms with van der Waals surface area (Å²) in [5, 5.41) is 27.2. The molecule has 38 heavy (non-hydrogen) atoms. The van der Waals surface area contributed by atoms with Gasteiger partial charge in [0.05, 0.1) is 37.2 Å². The first-order valence-corrected chi connectivity index (χ1v) is 11.5. The molecule has 0 unspecified atom stereocenters. The molecule has 3 aromatic carbocycles. The van der Waals surface area contributed by atoms with E-state index < -0.39 is 29.5 Å². The highest BCUT2D eigenvalue weighted by atomic mass is 16.6. The van der Waals surface area contributed by atoms with E-state index in [9.17, 15) is 24.3 Å². The fourth-order valence-corrected chi connectivity index (χ4v) is 4.51. The number of aliphatic carboxylic acids is 2. The van der Waals surface area contributed by atoms with Crippen LogP contribution in [0, 0.1) is 0 Å². The Morgan fingerprint density at radius 2 is 1.26 bits per heavy atom. The Bertz CT molecular complexity index is 1420. The summed E-state index contributed by atoms with van der Waals surface area (Å²) in [6.45, 7) is -0.152. The molecule has 0 radical (unpaired) electrons. The van der Waals surface area contributed by atoms with Crippen LogP contribution in [0.5, 0.6) is 23.0 Å². The summed E-state index contributed by atoms with van der Waals surface area (Å²) in [7, 11) is 0. The van der Waals surface area contributed by atoms with E-state index in [2.05, 4.69) is 0 Å². The lowest BCUT2D eigenvalue weighted by molar-refractivity contribution is -0.138. The van der Waals surface area contributed by atoms with Crippen LogP contribution in [0.4, 0.5) is 0 Å². The maximum absolute atomic E-state index is 13.1. The SMILES string of the molecule is O=C(O)CCOc1ccc2c(c1)Oc1cc(OCCC(=O)O)ccc1C21OC(=O)c2cc(C(=O)O)ccc21. The van der Waals surface area contributed by atoms with Crippen LogP contribution < -0.4 is 14.2 Å². The first-order chi connectivity index (χ1) is 18.2. The average Bonchev–Trinajstić information content (AvgIpc) is 3.15. The van der Waals surface area contributed by atoms with E-state index in [0.29, 0.717) is 28.2 Å². The molecule has 3 aromatic rings. The summed E-state index contributed by atoms with van der Waals surface area (Å²) in [6, 6.07) is 13.7. The number of rotatable bonds is 9. The van der Waals surface area contributed by atoms with Crippen LogP contribution in [-0.2, 0) is 19.9 Å². The van der Waals surface area contributed by atoms with Gasteiger partial charge in [0.2, 0.25) is 0 Å². The number of hydrogen-bond acceptors (Lipinski definition) is 8. The number of ether oxygens (including phenoxy) is 4. The normalized spacial score (nSPS) is 13.9. The van der Waals surface area contributed by atoms with Crippen LogP contribution in [0.15, 0.2) is 54.6 Å². The van der Waals surface area contributed by atoms with Crippen molar-refractivity contribution < 1.29 is 53.4 Å². The van der Waals surface area contributed by atoms with Crippen LogP contribution in [0.3, 0.4) is 0 Å². The van der Waals surface area contributed by atoms with Crippen molar-refractivity contribution in [2.24, 2.45) is 0 Å². The molecule has 11 nitrogen and oxygen atoms in total. The van der Waals surface area contributed by atoms with Gasteiger partial charge in [-0.3, -0.25) is 9.59 Å². The van der Waals surface area contributed by atoms with Crippen molar-refractivity contribution in [3.63, 3.8) is 0 Å². The van der Waals surface area contributed by atoms with E-state index in [1.54, 1.807) is 24.3 Å². The smallest absolute Gasteiger partial charge is 0.340 e. The lowest BCUT2D eigenvalue weighted by Gasteiger charge is -2.36. The molecule has 5 rings (SSSR count). The second-order valence-electron chi connectivity index (χ2n) is 8.54. The first-order valence-electron chi connectivity index (χ1n) is 11.5. The Labute approximate surface area is 214 Å². The number of hydrogen-bond donors (Lipinski definition) is 3. The summed E-state index contributed by atoms with van der Waals surface area (Å²) >= 11 is 0. The van der Waals surface area contributed by atoms with Gasteiger partial charge in [-0.05, 0) is 36.4 Å². The fraction of sp³-hybridized carbons (Fsp3) is 0.185. The molecule has 2 aliphatic rings. The minimum absolute atomic E-state index is 0.0744. The molecule has 194 valence electrons.